The largest absolute Gasteiger partial charge is 0.378 e. The van der Waals surface area contributed by atoms with Crippen LogP contribution in [0.2, 0.25) is 0 Å². The fourth-order valence-electron chi connectivity index (χ4n) is 5.33. The Hall–Kier alpha value is -2.62. The van der Waals surface area contributed by atoms with Crippen LogP contribution in [0.4, 0.5) is 17.2 Å². The van der Waals surface area contributed by atoms with Gasteiger partial charge in [-0.3, -0.25) is 0 Å². The minimum Gasteiger partial charge on any atom is -0.378 e. The lowest BCUT2D eigenvalue weighted by molar-refractivity contribution is 0.122. The fraction of sp³-hybridized carbons (Fsp3) is 0.542. The number of morpholine rings is 1. The Morgan fingerprint density at radius 3 is 2.35 bits per heavy atom. The number of halogens is 1. The second kappa shape index (κ2) is 9.20. The van der Waals surface area contributed by atoms with Crippen molar-refractivity contribution in [2.24, 2.45) is 7.05 Å². The predicted molar refractivity (Wildman–Crippen MR) is 137 cm³/mol. The molecule has 0 bridgehead atoms. The first-order valence-electron chi connectivity index (χ1n) is 12.1. The summed E-state index contributed by atoms with van der Waals surface area (Å²) < 4.78 is 7.83. The summed E-state index contributed by atoms with van der Waals surface area (Å²) in [6.07, 6.45) is 3.00. The van der Waals surface area contributed by atoms with Gasteiger partial charge in [0.1, 0.15) is 5.82 Å². The molecule has 0 atom stereocenters. The van der Waals surface area contributed by atoms with Crippen LogP contribution in [0.1, 0.15) is 43.8 Å². The molecule has 3 aliphatic heterocycles. The van der Waals surface area contributed by atoms with Gasteiger partial charge in [0, 0.05) is 26.1 Å². The first-order chi connectivity index (χ1) is 16.2. The highest BCUT2D eigenvalue weighted by Crippen LogP contribution is 2.41. The Morgan fingerprint density at radius 2 is 1.71 bits per heavy atom. The molecule has 34 heavy (non-hydrogen) atoms. The van der Waals surface area contributed by atoms with Crippen molar-refractivity contribution in [2.45, 2.75) is 37.8 Å². The third kappa shape index (κ3) is 3.76. The number of hydrogen-bond acceptors (Lipinski definition) is 8. The van der Waals surface area contributed by atoms with E-state index in [-0.39, 0.29) is 12.4 Å². The fourth-order valence-corrected chi connectivity index (χ4v) is 5.33. The number of benzene rings is 1. The van der Waals surface area contributed by atoms with Crippen molar-refractivity contribution in [1.82, 2.24) is 24.8 Å². The highest BCUT2D eigenvalue weighted by atomic mass is 35.5. The van der Waals surface area contributed by atoms with Crippen molar-refractivity contribution in [3.63, 3.8) is 0 Å². The number of rotatable bonds is 4. The smallest absolute Gasteiger partial charge is 0.179 e. The average molecular weight is 485 g/mol. The number of nitrogens with one attached hydrogen (secondary N) is 3. The number of anilines is 3. The van der Waals surface area contributed by atoms with Crippen molar-refractivity contribution in [3.8, 4) is 0 Å². The third-order valence-electron chi connectivity index (χ3n) is 7.29. The molecule has 6 rings (SSSR count). The first-order valence-corrected chi connectivity index (χ1v) is 12.1. The van der Waals surface area contributed by atoms with Crippen LogP contribution in [0, 0.1) is 0 Å². The summed E-state index contributed by atoms with van der Waals surface area (Å²) >= 11 is 0. The maximum atomic E-state index is 5.63. The second-order valence-electron chi connectivity index (χ2n) is 9.25. The molecule has 9 nitrogen and oxygen atoms in total. The van der Waals surface area contributed by atoms with E-state index in [4.69, 9.17) is 19.7 Å². The molecule has 0 unspecified atom stereocenters. The number of ether oxygens (including phenoxy) is 1. The summed E-state index contributed by atoms with van der Waals surface area (Å²) in [7, 11) is 2.11. The molecule has 5 heterocycles. The van der Waals surface area contributed by atoms with Crippen molar-refractivity contribution in [3.05, 3.63) is 35.9 Å². The topological polar surface area (TPSA) is 92.2 Å². The average Bonchev–Trinajstić information content (AvgIpc) is 3.43. The molecular weight excluding hydrogens is 452 g/mol. The standard InChI is InChI=1S/C24H32N8O.ClH/c1-3-24(29-17-6-4-5-7-18(17)30-24)23-27-21-19(22(28-23)32-12-14-33-15-13-32)26-20(31(21)2)16-8-10-25-11-9-16;/h4-7,16,25,29-30H,3,8-15H2,1-2H3;1H. The Bertz CT molecular complexity index is 1140. The third-order valence-corrected chi connectivity index (χ3v) is 7.29. The Morgan fingerprint density at radius 1 is 1.03 bits per heavy atom. The van der Waals surface area contributed by atoms with Crippen molar-refractivity contribution in [2.75, 3.05) is 54.9 Å². The van der Waals surface area contributed by atoms with E-state index in [1.54, 1.807) is 0 Å². The molecular formula is C24H33ClN8O. The Labute approximate surface area is 206 Å². The van der Waals surface area contributed by atoms with Gasteiger partial charge in [-0.2, -0.15) is 0 Å². The number of aromatic nitrogens is 4. The molecule has 0 saturated carbocycles. The number of nitrogens with zero attached hydrogens (tertiary/aromatic N) is 5. The summed E-state index contributed by atoms with van der Waals surface area (Å²) in [5, 5.41) is 10.8. The summed E-state index contributed by atoms with van der Waals surface area (Å²) in [4.78, 5) is 17.8. The lowest BCUT2D eigenvalue weighted by atomic mass is 9.97. The zero-order valence-electron chi connectivity index (χ0n) is 19.8. The minimum atomic E-state index is -0.557. The van der Waals surface area contributed by atoms with E-state index in [1.807, 2.05) is 0 Å². The molecule has 2 fully saturated rings. The molecule has 2 aromatic heterocycles. The molecule has 3 aromatic rings. The zero-order valence-corrected chi connectivity index (χ0v) is 20.6. The summed E-state index contributed by atoms with van der Waals surface area (Å²) in [6.45, 7) is 7.26. The zero-order chi connectivity index (χ0) is 22.4. The number of aryl methyl sites for hydroxylation is 1. The van der Waals surface area contributed by atoms with Crippen LogP contribution in [-0.4, -0.2) is 58.9 Å². The van der Waals surface area contributed by atoms with Gasteiger partial charge in [-0.1, -0.05) is 19.1 Å². The molecule has 182 valence electrons. The van der Waals surface area contributed by atoms with Crippen molar-refractivity contribution >= 4 is 40.8 Å². The Kier molecular flexibility index (Phi) is 6.26. The maximum Gasteiger partial charge on any atom is 0.179 e. The lowest BCUT2D eigenvalue weighted by Gasteiger charge is -2.31. The highest BCUT2D eigenvalue weighted by molar-refractivity contribution is 5.86. The Balaban J connectivity index is 0.00000241. The van der Waals surface area contributed by atoms with Gasteiger partial charge in [0.25, 0.3) is 0 Å². The van der Waals surface area contributed by atoms with Crippen LogP contribution in [0.3, 0.4) is 0 Å². The van der Waals surface area contributed by atoms with Gasteiger partial charge in [0.05, 0.1) is 24.6 Å². The van der Waals surface area contributed by atoms with Crippen molar-refractivity contribution < 1.29 is 4.74 Å². The highest BCUT2D eigenvalue weighted by Gasteiger charge is 2.40. The van der Waals surface area contributed by atoms with E-state index >= 15 is 0 Å². The van der Waals surface area contributed by atoms with E-state index in [9.17, 15) is 0 Å². The van der Waals surface area contributed by atoms with Crippen LogP contribution in [-0.2, 0) is 17.4 Å². The predicted octanol–water partition coefficient (Wildman–Crippen LogP) is 3.19. The quantitative estimate of drug-likeness (QED) is 0.520. The van der Waals surface area contributed by atoms with Gasteiger partial charge < -0.3 is 30.2 Å². The number of piperidine rings is 1. The summed E-state index contributed by atoms with van der Waals surface area (Å²) in [5.41, 5.74) is 3.41. The second-order valence-corrected chi connectivity index (χ2v) is 9.25. The summed E-state index contributed by atoms with van der Waals surface area (Å²) in [5.74, 6) is 3.24. The normalized spacial score (nSPS) is 19.9. The monoisotopic (exact) mass is 484 g/mol. The number of imidazole rings is 1. The minimum absolute atomic E-state index is 0. The van der Waals surface area contributed by atoms with Crippen LogP contribution >= 0.6 is 12.4 Å². The molecule has 2 saturated heterocycles. The molecule has 0 aliphatic carbocycles. The molecule has 3 N–H and O–H groups in total. The molecule has 0 spiro atoms. The lowest BCUT2D eigenvalue weighted by Crippen LogP contribution is -2.41. The molecule has 10 heteroatoms. The van der Waals surface area contributed by atoms with Gasteiger partial charge in [-0.05, 0) is 44.5 Å². The number of hydrogen-bond donors (Lipinski definition) is 3. The van der Waals surface area contributed by atoms with Crippen LogP contribution in [0.5, 0.6) is 0 Å². The van der Waals surface area contributed by atoms with Crippen LogP contribution < -0.4 is 20.9 Å². The van der Waals surface area contributed by atoms with E-state index in [0.29, 0.717) is 19.1 Å². The van der Waals surface area contributed by atoms with Crippen LogP contribution in [0.15, 0.2) is 24.3 Å². The van der Waals surface area contributed by atoms with Gasteiger partial charge in [0.2, 0.25) is 0 Å². The maximum absolute atomic E-state index is 5.63. The molecule has 1 aromatic carbocycles. The summed E-state index contributed by atoms with van der Waals surface area (Å²) in [6, 6.07) is 8.30. The van der Waals surface area contributed by atoms with Gasteiger partial charge >= 0.3 is 0 Å². The van der Waals surface area contributed by atoms with Crippen LogP contribution in [0.25, 0.3) is 11.2 Å². The van der Waals surface area contributed by atoms with E-state index < -0.39 is 5.66 Å². The molecule has 3 aliphatic rings. The first kappa shape index (κ1) is 23.1. The van der Waals surface area contributed by atoms with E-state index in [0.717, 1.165) is 85.4 Å². The van der Waals surface area contributed by atoms with E-state index in [2.05, 4.69) is 63.7 Å². The van der Waals surface area contributed by atoms with Crippen molar-refractivity contribution in [1.29, 1.82) is 0 Å². The van der Waals surface area contributed by atoms with Gasteiger partial charge in [0.15, 0.2) is 28.5 Å². The van der Waals surface area contributed by atoms with E-state index in [1.165, 1.54) is 0 Å². The van der Waals surface area contributed by atoms with Gasteiger partial charge in [-0.15, -0.1) is 12.4 Å². The molecule has 0 radical (unpaired) electrons. The van der Waals surface area contributed by atoms with Gasteiger partial charge in [-0.25, -0.2) is 15.0 Å². The SMILES string of the molecule is CCC1(c2nc(N3CCOCC3)c3nc(C4CCNCC4)n(C)c3n2)Nc2ccccc2N1.Cl. The number of para-hydroxylation sites is 2. The number of fused-ring (bicyclic) bond motifs is 2. The molecule has 0 amide bonds.